The van der Waals surface area contributed by atoms with Crippen molar-refractivity contribution >= 4 is 40.8 Å². The van der Waals surface area contributed by atoms with Gasteiger partial charge < -0.3 is 26.2 Å². The fourth-order valence-corrected chi connectivity index (χ4v) is 6.07. The molecule has 0 radical (unpaired) electrons. The van der Waals surface area contributed by atoms with E-state index >= 15 is 0 Å². The van der Waals surface area contributed by atoms with Gasteiger partial charge in [0.15, 0.2) is 0 Å². The smallest absolute Gasteiger partial charge is 0.315 e. The molecule has 11 nitrogen and oxygen atoms in total. The lowest BCUT2D eigenvalue weighted by atomic mass is 9.85. The summed E-state index contributed by atoms with van der Waals surface area (Å²) in [7, 11) is -1.05. The van der Waals surface area contributed by atoms with Crippen molar-refractivity contribution in [2.75, 3.05) is 18.8 Å². The lowest BCUT2D eigenvalue weighted by Gasteiger charge is -2.35. The number of likely N-dealkylation sites (tertiary alicyclic amines) is 1. The van der Waals surface area contributed by atoms with Crippen molar-refractivity contribution in [3.63, 3.8) is 0 Å². The zero-order valence-corrected chi connectivity index (χ0v) is 37.1. The van der Waals surface area contributed by atoms with Crippen LogP contribution in [0.3, 0.4) is 0 Å². The van der Waals surface area contributed by atoms with Crippen LogP contribution in [0.25, 0.3) is 0 Å². The van der Waals surface area contributed by atoms with Gasteiger partial charge in [-0.1, -0.05) is 88.5 Å². The highest BCUT2D eigenvalue weighted by molar-refractivity contribution is 7.86. The Labute approximate surface area is 332 Å². The molecule has 5 amide bonds. The van der Waals surface area contributed by atoms with Crippen LogP contribution in [-0.2, 0) is 30.0 Å². The van der Waals surface area contributed by atoms with Gasteiger partial charge >= 0.3 is 6.03 Å². The quantitative estimate of drug-likeness (QED) is 0.0619. The van der Waals surface area contributed by atoms with Crippen molar-refractivity contribution in [1.82, 2.24) is 26.2 Å². The van der Waals surface area contributed by atoms with Crippen LogP contribution in [0.15, 0.2) is 0 Å². The highest BCUT2D eigenvalue weighted by atomic mass is 32.2. The molecule has 312 valence electrons. The molecule has 6 atom stereocenters. The maximum Gasteiger partial charge on any atom is 0.315 e. The summed E-state index contributed by atoms with van der Waals surface area (Å²) in [6.07, 6.45) is 16.3. The Morgan fingerprint density at radius 3 is 1.87 bits per heavy atom. The lowest BCUT2D eigenvalue weighted by molar-refractivity contribution is -0.139. The topological polar surface area (TPSA) is 154 Å². The summed E-state index contributed by atoms with van der Waals surface area (Å²) in [5.41, 5.74) is -0.410. The number of ketones is 1. The molecule has 1 fully saturated rings. The van der Waals surface area contributed by atoms with Gasteiger partial charge in [0.2, 0.25) is 18.1 Å². The number of Topliss-reactive ketones (excluding diaryl/α,β-unsaturated/α-hetero) is 1. The zero-order valence-electron chi connectivity index (χ0n) is 36.3. The summed E-state index contributed by atoms with van der Waals surface area (Å²) in [4.78, 5) is 61.3. The second-order valence-corrected chi connectivity index (χ2v) is 18.9. The third-order valence-electron chi connectivity index (χ3n) is 7.67. The van der Waals surface area contributed by atoms with E-state index in [1.807, 2.05) is 46.4 Å². The third kappa shape index (κ3) is 26.4. The van der Waals surface area contributed by atoms with Gasteiger partial charge in [-0.15, -0.1) is 24.7 Å². The number of amides is 5. The lowest BCUT2D eigenvalue weighted by Crippen LogP contribution is -2.58. The van der Waals surface area contributed by atoms with Crippen LogP contribution in [0, 0.1) is 41.9 Å². The molecule has 12 heteroatoms. The molecule has 1 saturated heterocycles. The van der Waals surface area contributed by atoms with Crippen molar-refractivity contribution in [3.8, 4) is 24.7 Å². The number of hydrogen-bond acceptors (Lipinski definition) is 6. The monoisotopic (exact) mass is 780 g/mol. The Bertz CT molecular complexity index is 1210. The molecule has 1 heterocycles. The van der Waals surface area contributed by atoms with Gasteiger partial charge in [-0.05, 0) is 64.2 Å². The highest BCUT2D eigenvalue weighted by Crippen LogP contribution is 2.28. The summed E-state index contributed by atoms with van der Waals surface area (Å²) in [6, 6.07) is -1.82. The van der Waals surface area contributed by atoms with Crippen LogP contribution >= 0.6 is 0 Å². The predicted octanol–water partition coefficient (Wildman–Crippen LogP) is 6.36. The van der Waals surface area contributed by atoms with Crippen molar-refractivity contribution in [2.24, 2.45) is 17.3 Å². The average Bonchev–Trinajstić information content (AvgIpc) is 3.40. The maximum absolute atomic E-state index is 13.3. The number of nitrogens with one attached hydrogen (secondary N) is 4. The first-order valence-corrected chi connectivity index (χ1v) is 20.9. The van der Waals surface area contributed by atoms with E-state index in [0.717, 1.165) is 38.1 Å². The Balaban J connectivity index is -0.000000909. The average molecular weight is 780 g/mol. The van der Waals surface area contributed by atoms with Crippen LogP contribution in [-0.4, -0.2) is 86.9 Å². The minimum absolute atomic E-state index is 0.0159. The number of terminal acetylenes is 2. The molecule has 0 bridgehead atoms. The first-order valence-electron chi connectivity index (χ1n) is 19.6. The van der Waals surface area contributed by atoms with Crippen LogP contribution < -0.4 is 21.3 Å². The molecule has 0 aliphatic carbocycles. The summed E-state index contributed by atoms with van der Waals surface area (Å²) in [5, 5.41) is 10.6. The van der Waals surface area contributed by atoms with Gasteiger partial charge in [0.1, 0.15) is 6.04 Å². The van der Waals surface area contributed by atoms with Crippen molar-refractivity contribution in [1.29, 1.82) is 0 Å². The Hall–Kier alpha value is -3.38. The predicted molar refractivity (Wildman–Crippen MR) is 225 cm³/mol. The molecule has 4 N–H and O–H groups in total. The van der Waals surface area contributed by atoms with E-state index in [-0.39, 0.29) is 41.7 Å². The van der Waals surface area contributed by atoms with E-state index in [4.69, 9.17) is 12.8 Å². The molecule has 0 saturated carbocycles. The number of rotatable bonds is 16. The normalized spacial score (nSPS) is 17.1. The molecule has 0 spiro atoms. The summed E-state index contributed by atoms with van der Waals surface area (Å²) in [5.74, 6) is 4.89. The van der Waals surface area contributed by atoms with Crippen molar-refractivity contribution in [2.45, 2.75) is 177 Å². The SMILES string of the molecule is C#CCCNC(=O)C(=O)C(CCC#C)NC=O.CC(C)C.CCC.CCCCC(CS(=O)C(C)(C)C)NC(=O)NC(C(=O)N1CC(C)CC1C)C(C)(C)C. The Morgan fingerprint density at radius 1 is 0.926 bits per heavy atom. The number of urea groups is 1. The van der Waals surface area contributed by atoms with Gasteiger partial charge in [-0.2, -0.15) is 0 Å². The van der Waals surface area contributed by atoms with Gasteiger partial charge in [-0.25, -0.2) is 4.79 Å². The number of carbonyl (C=O) groups excluding carboxylic acids is 5. The standard InChI is InChI=1S/C23H45N3O3S.C12H14N2O3.C4H10.C3H8/c1-10-11-12-18(15-30(29)23(7,8)9)24-21(28)25-19(22(4,5)6)20(27)26-14-16(2)13-17(26)3;1-3-5-7-10(14-9-15)11(16)12(17)13-8-6-4-2;1-4(2)3;1-3-2/h16-19H,10-15H2,1-9H3,(H2,24,25,28);1-2,9-10H,5-8H2,(H,13,17)(H,14,15);4H,1-3H3;3H2,1-2H3. The van der Waals surface area contributed by atoms with E-state index in [2.05, 4.69) is 88.5 Å². The summed E-state index contributed by atoms with van der Waals surface area (Å²) < 4.78 is 12.3. The van der Waals surface area contributed by atoms with E-state index in [9.17, 15) is 28.2 Å². The maximum atomic E-state index is 13.3. The van der Waals surface area contributed by atoms with E-state index < -0.39 is 40.0 Å². The second kappa shape index (κ2) is 29.9. The van der Waals surface area contributed by atoms with Crippen LogP contribution in [0.2, 0.25) is 0 Å². The molecule has 1 aliphatic rings. The molecule has 0 aromatic heterocycles. The minimum Gasteiger partial charge on any atom is -0.348 e. The van der Waals surface area contributed by atoms with E-state index in [1.165, 1.54) is 6.42 Å². The van der Waals surface area contributed by atoms with Crippen LogP contribution in [0.1, 0.15) is 148 Å². The highest BCUT2D eigenvalue weighted by Gasteiger charge is 2.40. The summed E-state index contributed by atoms with van der Waals surface area (Å²) in [6.45, 7) is 29.8. The minimum atomic E-state index is -1.05. The third-order valence-corrected chi connectivity index (χ3v) is 9.75. The van der Waals surface area contributed by atoms with Crippen molar-refractivity contribution < 1.29 is 28.2 Å². The number of unbranched alkanes of at least 4 members (excludes halogenated alkanes) is 1. The van der Waals surface area contributed by atoms with Gasteiger partial charge in [0, 0.05) is 59.3 Å². The zero-order chi connectivity index (χ0) is 42.7. The van der Waals surface area contributed by atoms with E-state index in [1.54, 1.807) is 0 Å². The number of hydrogen-bond donors (Lipinski definition) is 4. The number of nitrogens with zero attached hydrogens (tertiary/aromatic N) is 1. The first kappa shape index (κ1) is 55.0. The largest absolute Gasteiger partial charge is 0.348 e. The fourth-order valence-electron chi connectivity index (χ4n) is 4.95. The van der Waals surface area contributed by atoms with E-state index in [0.29, 0.717) is 30.9 Å². The van der Waals surface area contributed by atoms with Crippen LogP contribution in [0.5, 0.6) is 0 Å². The second-order valence-electron chi connectivity index (χ2n) is 16.7. The fraction of sp³-hybridized carbons (Fsp3) is 0.786. The Kier molecular flexibility index (Phi) is 30.4. The first-order chi connectivity index (χ1) is 25.0. The molecular weight excluding hydrogens is 703 g/mol. The van der Waals surface area contributed by atoms with Gasteiger partial charge in [0.05, 0.1) is 6.04 Å². The molecule has 0 aromatic carbocycles. The molecule has 54 heavy (non-hydrogen) atoms. The molecule has 1 rings (SSSR count). The van der Waals surface area contributed by atoms with Crippen LogP contribution in [0.4, 0.5) is 4.79 Å². The molecule has 0 aromatic rings. The van der Waals surface area contributed by atoms with Gasteiger partial charge in [0.25, 0.3) is 5.91 Å². The molecular formula is C42H77N5O6S. The number of carbonyl (C=O) groups is 5. The van der Waals surface area contributed by atoms with Crippen molar-refractivity contribution in [3.05, 3.63) is 0 Å². The van der Waals surface area contributed by atoms with Gasteiger partial charge in [-0.3, -0.25) is 23.4 Å². The molecule has 6 unspecified atom stereocenters. The molecule has 1 aliphatic heterocycles. The summed E-state index contributed by atoms with van der Waals surface area (Å²) >= 11 is 0. The Morgan fingerprint density at radius 2 is 1.46 bits per heavy atom.